The van der Waals surface area contributed by atoms with Gasteiger partial charge in [0.25, 0.3) is 0 Å². The van der Waals surface area contributed by atoms with Gasteiger partial charge in [-0.2, -0.15) is 4.98 Å². The molecule has 0 radical (unpaired) electrons. The lowest BCUT2D eigenvalue weighted by Gasteiger charge is -2.08. The van der Waals surface area contributed by atoms with E-state index in [-0.39, 0.29) is 11.5 Å². The molecule has 2 aromatic heterocycles. The van der Waals surface area contributed by atoms with Gasteiger partial charge in [-0.3, -0.25) is 14.7 Å². The summed E-state index contributed by atoms with van der Waals surface area (Å²) in [6.07, 6.45) is 0. The minimum absolute atomic E-state index is 0.0953. The molecule has 0 aliphatic heterocycles. The van der Waals surface area contributed by atoms with Crippen LogP contribution in [0.3, 0.4) is 0 Å². The van der Waals surface area contributed by atoms with Crippen LogP contribution in [0, 0.1) is 17.0 Å². The molecule has 0 unspecified atom stereocenters. The van der Waals surface area contributed by atoms with Crippen LogP contribution in [0.2, 0.25) is 0 Å². The Bertz CT molecular complexity index is 841. The molecule has 7 nitrogen and oxygen atoms in total. The van der Waals surface area contributed by atoms with Crippen LogP contribution in [0.15, 0.2) is 36.4 Å². The number of fused-ring (bicyclic) bond motifs is 1. The van der Waals surface area contributed by atoms with Crippen LogP contribution in [0.1, 0.15) is 5.82 Å². The number of rotatable bonds is 3. The molecule has 3 aromatic rings. The van der Waals surface area contributed by atoms with Crippen LogP contribution < -0.4 is 4.74 Å². The maximum atomic E-state index is 11.3. The zero-order valence-electron chi connectivity index (χ0n) is 11.5. The lowest BCUT2D eigenvalue weighted by Crippen LogP contribution is -2.05. The number of ether oxygens (including phenoxy) is 1. The van der Waals surface area contributed by atoms with Gasteiger partial charge in [-0.1, -0.05) is 12.1 Å². The number of para-hydroxylation sites is 2. The van der Waals surface area contributed by atoms with Crippen LogP contribution in [0.4, 0.5) is 5.69 Å². The first-order valence-corrected chi connectivity index (χ1v) is 6.25. The standard InChI is InChI=1S/C14H12N4O3/c1-9-15-10-5-3-4-6-11(10)17(9)14-12(18(19)20)7-8-13(16-14)21-2/h3-8H,1-2H3. The van der Waals surface area contributed by atoms with Crippen molar-refractivity contribution in [2.75, 3.05) is 7.11 Å². The molecule has 21 heavy (non-hydrogen) atoms. The molecule has 0 amide bonds. The highest BCUT2D eigenvalue weighted by molar-refractivity contribution is 5.78. The van der Waals surface area contributed by atoms with Crippen LogP contribution in [0.25, 0.3) is 16.9 Å². The highest BCUT2D eigenvalue weighted by Gasteiger charge is 2.21. The van der Waals surface area contributed by atoms with Gasteiger partial charge in [0.05, 0.1) is 23.1 Å². The monoisotopic (exact) mass is 284 g/mol. The van der Waals surface area contributed by atoms with E-state index in [1.807, 2.05) is 24.3 Å². The van der Waals surface area contributed by atoms with Crippen LogP contribution in [-0.2, 0) is 0 Å². The van der Waals surface area contributed by atoms with Crippen LogP contribution in [-0.4, -0.2) is 26.6 Å². The van der Waals surface area contributed by atoms with Gasteiger partial charge in [-0.15, -0.1) is 0 Å². The summed E-state index contributed by atoms with van der Waals surface area (Å²) in [7, 11) is 1.47. The van der Waals surface area contributed by atoms with E-state index in [1.165, 1.54) is 19.2 Å². The van der Waals surface area contributed by atoms with Crippen molar-refractivity contribution in [3.05, 3.63) is 52.3 Å². The molecule has 0 N–H and O–H groups in total. The van der Waals surface area contributed by atoms with E-state index in [1.54, 1.807) is 11.5 Å². The Morgan fingerprint density at radius 3 is 2.67 bits per heavy atom. The van der Waals surface area contributed by atoms with Gasteiger partial charge in [-0.05, 0) is 19.1 Å². The quantitative estimate of drug-likeness (QED) is 0.545. The predicted octanol–water partition coefficient (Wildman–Crippen LogP) is 2.65. The van der Waals surface area contributed by atoms with E-state index in [2.05, 4.69) is 9.97 Å². The number of aryl methyl sites for hydroxylation is 1. The van der Waals surface area contributed by atoms with E-state index in [0.29, 0.717) is 11.7 Å². The van der Waals surface area contributed by atoms with Crippen molar-refractivity contribution in [2.45, 2.75) is 6.92 Å². The average Bonchev–Trinajstić information content (AvgIpc) is 2.82. The van der Waals surface area contributed by atoms with Gasteiger partial charge in [-0.25, -0.2) is 4.98 Å². The predicted molar refractivity (Wildman–Crippen MR) is 76.8 cm³/mol. The number of imidazole rings is 1. The third-order valence-corrected chi connectivity index (χ3v) is 3.18. The molecule has 7 heteroatoms. The maximum Gasteiger partial charge on any atom is 0.312 e. The maximum absolute atomic E-state index is 11.3. The number of nitro groups is 1. The van der Waals surface area contributed by atoms with Gasteiger partial charge >= 0.3 is 5.69 Å². The molecule has 0 saturated heterocycles. The lowest BCUT2D eigenvalue weighted by atomic mass is 10.3. The molecule has 0 saturated carbocycles. The molecule has 2 heterocycles. The Morgan fingerprint density at radius 1 is 1.19 bits per heavy atom. The van der Waals surface area contributed by atoms with Gasteiger partial charge in [0.1, 0.15) is 5.82 Å². The van der Waals surface area contributed by atoms with Gasteiger partial charge in [0.15, 0.2) is 0 Å². The number of benzene rings is 1. The lowest BCUT2D eigenvalue weighted by molar-refractivity contribution is -0.384. The smallest absolute Gasteiger partial charge is 0.312 e. The van der Waals surface area contributed by atoms with Gasteiger partial charge < -0.3 is 4.74 Å². The summed E-state index contributed by atoms with van der Waals surface area (Å²) >= 11 is 0. The van der Waals surface area contributed by atoms with Gasteiger partial charge in [0.2, 0.25) is 11.7 Å². The van der Waals surface area contributed by atoms with Crippen LogP contribution in [0.5, 0.6) is 5.88 Å². The van der Waals surface area contributed by atoms with E-state index in [0.717, 1.165) is 11.0 Å². The summed E-state index contributed by atoms with van der Waals surface area (Å²) in [5, 5.41) is 11.3. The van der Waals surface area contributed by atoms with Crippen molar-refractivity contribution in [1.82, 2.24) is 14.5 Å². The second kappa shape index (κ2) is 4.86. The third-order valence-electron chi connectivity index (χ3n) is 3.18. The molecule has 106 valence electrons. The highest BCUT2D eigenvalue weighted by atomic mass is 16.6. The van der Waals surface area contributed by atoms with Crippen molar-refractivity contribution in [1.29, 1.82) is 0 Å². The molecule has 3 rings (SSSR count). The fourth-order valence-electron chi connectivity index (χ4n) is 2.26. The topological polar surface area (TPSA) is 83.1 Å². The molecule has 0 atom stereocenters. The Kier molecular flexibility index (Phi) is 3.02. The second-order valence-electron chi connectivity index (χ2n) is 4.44. The Labute approximate surface area is 120 Å². The number of methoxy groups -OCH3 is 1. The molecule has 0 aliphatic rings. The molecular weight excluding hydrogens is 272 g/mol. The van der Waals surface area contributed by atoms with Crippen molar-refractivity contribution in [3.8, 4) is 11.7 Å². The van der Waals surface area contributed by atoms with E-state index in [9.17, 15) is 10.1 Å². The zero-order chi connectivity index (χ0) is 15.0. The summed E-state index contributed by atoms with van der Waals surface area (Å²) in [5.41, 5.74) is 1.43. The SMILES string of the molecule is COc1ccc([N+](=O)[O-])c(-n2c(C)nc3ccccc32)n1. The number of hydrogen-bond acceptors (Lipinski definition) is 5. The first kappa shape index (κ1) is 13.0. The molecule has 0 spiro atoms. The number of nitrogens with zero attached hydrogens (tertiary/aromatic N) is 4. The second-order valence-corrected chi connectivity index (χ2v) is 4.44. The highest BCUT2D eigenvalue weighted by Crippen LogP contribution is 2.28. The largest absolute Gasteiger partial charge is 0.481 e. The molecule has 1 aromatic carbocycles. The van der Waals surface area contributed by atoms with E-state index < -0.39 is 4.92 Å². The molecule has 0 fully saturated rings. The van der Waals surface area contributed by atoms with Crippen molar-refractivity contribution in [2.24, 2.45) is 0 Å². The summed E-state index contributed by atoms with van der Waals surface area (Å²) in [6.45, 7) is 1.78. The summed E-state index contributed by atoms with van der Waals surface area (Å²) in [5.74, 6) is 1.14. The normalized spacial score (nSPS) is 10.8. The Hall–Kier alpha value is -2.96. The van der Waals surface area contributed by atoms with E-state index in [4.69, 9.17) is 4.74 Å². The average molecular weight is 284 g/mol. The van der Waals surface area contributed by atoms with Crippen molar-refractivity contribution in [3.63, 3.8) is 0 Å². The third kappa shape index (κ3) is 2.08. The number of hydrogen-bond donors (Lipinski definition) is 0. The van der Waals surface area contributed by atoms with Crippen molar-refractivity contribution < 1.29 is 9.66 Å². The summed E-state index contributed by atoms with van der Waals surface area (Å²) in [4.78, 5) is 19.4. The zero-order valence-corrected chi connectivity index (χ0v) is 11.5. The Morgan fingerprint density at radius 2 is 1.95 bits per heavy atom. The first-order valence-electron chi connectivity index (χ1n) is 6.25. The minimum Gasteiger partial charge on any atom is -0.481 e. The van der Waals surface area contributed by atoms with Crippen molar-refractivity contribution >= 4 is 16.7 Å². The summed E-state index contributed by atoms with van der Waals surface area (Å²) < 4.78 is 6.73. The Balaban J connectivity index is 2.36. The molecule has 0 aliphatic carbocycles. The number of aromatic nitrogens is 3. The fraction of sp³-hybridized carbons (Fsp3) is 0.143. The molecular formula is C14H12N4O3. The minimum atomic E-state index is -0.462. The number of pyridine rings is 1. The first-order chi connectivity index (χ1) is 10.1. The summed E-state index contributed by atoms with van der Waals surface area (Å²) in [6, 6.07) is 10.3. The van der Waals surface area contributed by atoms with E-state index >= 15 is 0 Å². The van der Waals surface area contributed by atoms with Crippen LogP contribution >= 0.6 is 0 Å². The van der Waals surface area contributed by atoms with Gasteiger partial charge in [0, 0.05) is 12.1 Å². The fourth-order valence-corrected chi connectivity index (χ4v) is 2.26. The molecule has 0 bridgehead atoms.